The summed E-state index contributed by atoms with van der Waals surface area (Å²) in [5.74, 6) is -1.24. The van der Waals surface area contributed by atoms with Gasteiger partial charge < -0.3 is 4.84 Å². The van der Waals surface area contributed by atoms with Crippen LogP contribution in [0.25, 0.3) is 0 Å². The minimum atomic E-state index is -0.454. The molecule has 7 nitrogen and oxygen atoms in total. The number of nitrogens with one attached hydrogen (secondary N) is 2. The third kappa shape index (κ3) is 6.58. The Bertz CT molecular complexity index is 240. The number of hydrogen-bond acceptors (Lipinski definition) is 6. The highest BCUT2D eigenvalue weighted by molar-refractivity contribution is 5.92. The highest BCUT2D eigenvalue weighted by Gasteiger charge is 2.11. The summed E-state index contributed by atoms with van der Waals surface area (Å²) in [6.45, 7) is 4.38. The van der Waals surface area contributed by atoms with Crippen LogP contribution in [0.1, 0.15) is 20.8 Å². The molecule has 0 radical (unpaired) electrons. The van der Waals surface area contributed by atoms with Crippen LogP contribution in [0.15, 0.2) is 0 Å². The third-order valence-electron chi connectivity index (χ3n) is 1.34. The van der Waals surface area contributed by atoms with Gasteiger partial charge in [0.25, 0.3) is 0 Å². The van der Waals surface area contributed by atoms with Crippen molar-refractivity contribution in [2.24, 2.45) is 0 Å². The maximum atomic E-state index is 10.9. The van der Waals surface area contributed by atoms with Crippen molar-refractivity contribution in [2.75, 3.05) is 13.1 Å². The molecule has 0 saturated heterocycles. The normalized spacial score (nSPS) is 9.53. The van der Waals surface area contributed by atoms with E-state index < -0.39 is 17.8 Å². The molecule has 0 unspecified atom stereocenters. The van der Waals surface area contributed by atoms with Crippen molar-refractivity contribution in [2.45, 2.75) is 20.8 Å². The van der Waals surface area contributed by atoms with Gasteiger partial charge in [-0.2, -0.15) is 5.48 Å². The van der Waals surface area contributed by atoms with E-state index in [4.69, 9.17) is 0 Å². The molecule has 0 aromatic carbocycles. The molecule has 86 valence electrons. The number of hydroxylamine groups is 1. The number of carbonyl (C=O) groups is 3. The van der Waals surface area contributed by atoms with Gasteiger partial charge in [0.1, 0.15) is 0 Å². The standard InChI is InChI=1S/C8H15N3O4/c1-6(12)11(7(2)13)9-4-5-10-15-8(3)14/h9-10H,4-5H2,1-3H3. The van der Waals surface area contributed by atoms with Gasteiger partial charge in [-0.1, -0.05) is 0 Å². The van der Waals surface area contributed by atoms with Gasteiger partial charge in [0.05, 0.1) is 0 Å². The Hall–Kier alpha value is -1.47. The van der Waals surface area contributed by atoms with Crippen molar-refractivity contribution in [3.63, 3.8) is 0 Å². The molecule has 7 heteroatoms. The van der Waals surface area contributed by atoms with E-state index in [9.17, 15) is 14.4 Å². The van der Waals surface area contributed by atoms with Gasteiger partial charge in [-0.25, -0.2) is 10.4 Å². The van der Waals surface area contributed by atoms with E-state index in [2.05, 4.69) is 15.7 Å². The topological polar surface area (TPSA) is 87.7 Å². The quantitative estimate of drug-likeness (QED) is 0.451. The molecular formula is C8H15N3O4. The highest BCUT2D eigenvalue weighted by Crippen LogP contribution is 1.84. The number of carbonyl (C=O) groups excluding carboxylic acids is 3. The Morgan fingerprint density at radius 3 is 2.00 bits per heavy atom. The zero-order chi connectivity index (χ0) is 11.8. The number of nitrogens with zero attached hydrogens (tertiary/aromatic N) is 1. The van der Waals surface area contributed by atoms with Crippen molar-refractivity contribution in [1.29, 1.82) is 0 Å². The van der Waals surface area contributed by atoms with Gasteiger partial charge in [-0.15, -0.1) is 0 Å². The summed E-state index contributed by atoms with van der Waals surface area (Å²) < 4.78 is 0. The fraction of sp³-hybridized carbons (Fsp3) is 0.625. The lowest BCUT2D eigenvalue weighted by atomic mass is 10.5. The van der Waals surface area contributed by atoms with E-state index in [0.717, 1.165) is 5.01 Å². The molecule has 0 saturated carbocycles. The summed E-state index contributed by atoms with van der Waals surface area (Å²) >= 11 is 0. The molecular weight excluding hydrogens is 202 g/mol. The summed E-state index contributed by atoms with van der Waals surface area (Å²) in [5, 5.41) is 0.884. The first-order valence-electron chi connectivity index (χ1n) is 4.40. The molecule has 15 heavy (non-hydrogen) atoms. The lowest BCUT2D eigenvalue weighted by Crippen LogP contribution is -2.47. The van der Waals surface area contributed by atoms with Gasteiger partial charge >= 0.3 is 5.97 Å². The summed E-state index contributed by atoms with van der Waals surface area (Å²) in [7, 11) is 0. The van der Waals surface area contributed by atoms with Gasteiger partial charge in [-0.3, -0.25) is 14.4 Å². The lowest BCUT2D eigenvalue weighted by Gasteiger charge is -2.17. The van der Waals surface area contributed by atoms with E-state index in [1.807, 2.05) is 0 Å². The molecule has 0 aromatic rings. The molecule has 0 heterocycles. The van der Waals surface area contributed by atoms with Gasteiger partial charge in [-0.05, 0) is 0 Å². The van der Waals surface area contributed by atoms with Gasteiger partial charge in [0.15, 0.2) is 0 Å². The Kier molecular flexibility index (Phi) is 6.23. The van der Waals surface area contributed by atoms with Crippen LogP contribution in [0, 0.1) is 0 Å². The van der Waals surface area contributed by atoms with E-state index in [-0.39, 0.29) is 13.1 Å². The van der Waals surface area contributed by atoms with Crippen molar-refractivity contribution < 1.29 is 19.2 Å². The smallest absolute Gasteiger partial charge is 0.321 e. The molecule has 0 rings (SSSR count). The van der Waals surface area contributed by atoms with Crippen LogP contribution in [0.5, 0.6) is 0 Å². The average Bonchev–Trinajstić information content (AvgIpc) is 2.08. The highest BCUT2D eigenvalue weighted by atomic mass is 16.7. The Morgan fingerprint density at radius 1 is 1.07 bits per heavy atom. The summed E-state index contributed by atoms with van der Waals surface area (Å²) in [5.41, 5.74) is 4.93. The first kappa shape index (κ1) is 13.5. The van der Waals surface area contributed by atoms with Crippen LogP contribution in [0.4, 0.5) is 0 Å². The minimum absolute atomic E-state index is 0.284. The van der Waals surface area contributed by atoms with Crippen LogP contribution in [-0.4, -0.2) is 35.9 Å². The molecule has 2 amide bonds. The SMILES string of the molecule is CC(=O)ONCCNN(C(C)=O)C(C)=O. The van der Waals surface area contributed by atoms with E-state index in [1.165, 1.54) is 20.8 Å². The number of hydrazine groups is 1. The molecule has 0 aliphatic heterocycles. The van der Waals surface area contributed by atoms with Crippen molar-refractivity contribution >= 4 is 17.8 Å². The van der Waals surface area contributed by atoms with Gasteiger partial charge in [0, 0.05) is 33.9 Å². The predicted octanol–water partition coefficient (Wildman–Crippen LogP) is -1.05. The van der Waals surface area contributed by atoms with Crippen LogP contribution in [-0.2, 0) is 19.2 Å². The second kappa shape index (κ2) is 6.91. The zero-order valence-electron chi connectivity index (χ0n) is 8.99. The molecule has 0 fully saturated rings. The van der Waals surface area contributed by atoms with Crippen molar-refractivity contribution in [1.82, 2.24) is 15.9 Å². The Morgan fingerprint density at radius 2 is 1.60 bits per heavy atom. The fourth-order valence-electron chi connectivity index (χ4n) is 0.816. The van der Waals surface area contributed by atoms with Crippen LogP contribution >= 0.6 is 0 Å². The Labute approximate surface area is 87.7 Å². The van der Waals surface area contributed by atoms with Crippen molar-refractivity contribution in [3.8, 4) is 0 Å². The zero-order valence-corrected chi connectivity index (χ0v) is 8.99. The maximum absolute atomic E-state index is 10.9. The number of rotatable bonds is 5. The summed E-state index contributed by atoms with van der Waals surface area (Å²) in [4.78, 5) is 36.5. The summed E-state index contributed by atoms with van der Waals surface area (Å²) in [6, 6.07) is 0. The largest absolute Gasteiger partial charge is 0.371 e. The molecule has 0 aromatic heterocycles. The van der Waals surface area contributed by atoms with Crippen LogP contribution in [0.3, 0.4) is 0 Å². The predicted molar refractivity (Wildman–Crippen MR) is 51.0 cm³/mol. The van der Waals surface area contributed by atoms with Crippen LogP contribution in [0.2, 0.25) is 0 Å². The monoisotopic (exact) mass is 217 g/mol. The maximum Gasteiger partial charge on any atom is 0.321 e. The van der Waals surface area contributed by atoms with E-state index in [1.54, 1.807) is 0 Å². The number of hydrogen-bond donors (Lipinski definition) is 2. The summed E-state index contributed by atoms with van der Waals surface area (Å²) in [6.07, 6.45) is 0. The first-order valence-corrected chi connectivity index (χ1v) is 4.40. The molecule has 0 bridgehead atoms. The number of imide groups is 1. The van der Waals surface area contributed by atoms with Crippen LogP contribution < -0.4 is 10.9 Å². The van der Waals surface area contributed by atoms with E-state index >= 15 is 0 Å². The van der Waals surface area contributed by atoms with Crippen molar-refractivity contribution in [3.05, 3.63) is 0 Å². The fourth-order valence-corrected chi connectivity index (χ4v) is 0.816. The second-order valence-corrected chi connectivity index (χ2v) is 2.77. The Balaban J connectivity index is 3.68. The lowest BCUT2D eigenvalue weighted by molar-refractivity contribution is -0.150. The molecule has 0 spiro atoms. The second-order valence-electron chi connectivity index (χ2n) is 2.77. The average molecular weight is 217 g/mol. The minimum Gasteiger partial charge on any atom is -0.371 e. The number of amides is 2. The first-order chi connectivity index (χ1) is 6.95. The molecule has 0 aliphatic rings. The molecule has 0 atom stereocenters. The molecule has 0 aliphatic carbocycles. The molecule has 2 N–H and O–H groups in total. The third-order valence-corrected chi connectivity index (χ3v) is 1.34. The van der Waals surface area contributed by atoms with Gasteiger partial charge in [0.2, 0.25) is 11.8 Å². The van der Waals surface area contributed by atoms with E-state index in [0.29, 0.717) is 0 Å².